The first-order valence-electron chi connectivity index (χ1n) is 3.64. The van der Waals surface area contributed by atoms with E-state index in [4.69, 9.17) is 4.42 Å². The van der Waals surface area contributed by atoms with Gasteiger partial charge in [0.2, 0.25) is 5.82 Å². The largest absolute Gasteiger partial charge is 0.439 e. The van der Waals surface area contributed by atoms with Crippen LogP contribution in [0.4, 0.5) is 0 Å². The third-order valence-corrected chi connectivity index (χ3v) is 1.28. The lowest BCUT2D eigenvalue weighted by atomic mass is 10.5. The van der Waals surface area contributed by atoms with Crippen molar-refractivity contribution in [3.63, 3.8) is 0 Å². The van der Waals surface area contributed by atoms with Gasteiger partial charge in [-0.05, 0) is 12.0 Å². The molecule has 0 aromatic carbocycles. The van der Waals surface area contributed by atoms with Gasteiger partial charge in [0.15, 0.2) is 0 Å². The summed E-state index contributed by atoms with van der Waals surface area (Å²) in [4.78, 5) is 11.7. The molecule has 0 aliphatic carbocycles. The molecular weight excluding hydrogens is 166 g/mol. The number of nitrogens with zero attached hydrogens (tertiary/aromatic N) is 3. The van der Waals surface area contributed by atoms with Crippen LogP contribution in [0.25, 0.3) is 0 Å². The van der Waals surface area contributed by atoms with Gasteiger partial charge in [-0.25, -0.2) is 15.0 Å². The minimum Gasteiger partial charge on any atom is -0.439 e. The van der Waals surface area contributed by atoms with Gasteiger partial charge >= 0.3 is 0 Å². The van der Waals surface area contributed by atoms with Gasteiger partial charge < -0.3 is 4.42 Å². The minimum absolute atomic E-state index is 0.368. The number of hydrogen-bond acceptors (Lipinski definition) is 4. The highest BCUT2D eigenvalue weighted by Crippen LogP contribution is 1.91. The van der Waals surface area contributed by atoms with Crippen LogP contribution < -0.4 is 0 Å². The van der Waals surface area contributed by atoms with Crippen LogP contribution in [0.3, 0.4) is 0 Å². The maximum absolute atomic E-state index is 4.91. The number of rotatable bonds is 0. The van der Waals surface area contributed by atoms with Crippen LogP contribution in [0.1, 0.15) is 11.7 Å². The van der Waals surface area contributed by atoms with Gasteiger partial charge in [-0.15, -0.1) is 0 Å². The highest BCUT2D eigenvalue weighted by molar-refractivity contribution is 5.27. The Labute approximate surface area is 74.7 Å². The van der Waals surface area contributed by atoms with Gasteiger partial charge in [-0.2, -0.15) is 0 Å². The fraction of sp³-hybridized carbons (Fsp3) is 0. The Morgan fingerprint density at radius 2 is 1.85 bits per heavy atom. The van der Waals surface area contributed by atoms with Crippen molar-refractivity contribution in [1.29, 1.82) is 0 Å². The van der Waals surface area contributed by atoms with E-state index in [9.17, 15) is 0 Å². The Morgan fingerprint density at radius 1 is 1.00 bits per heavy atom. The summed E-state index contributed by atoms with van der Waals surface area (Å²) < 4.78 is 4.91. The average molecular weight is 171 g/mol. The zero-order chi connectivity index (χ0) is 8.93. The highest BCUT2D eigenvalue weighted by atomic mass is 16.3. The first-order chi connectivity index (χ1) is 6.45. The Balaban J connectivity index is 2.23. The zero-order valence-corrected chi connectivity index (χ0v) is 6.64. The van der Waals surface area contributed by atoms with E-state index in [1.165, 1.54) is 12.5 Å². The Morgan fingerprint density at radius 3 is 2.54 bits per heavy atom. The van der Waals surface area contributed by atoms with Crippen molar-refractivity contribution < 1.29 is 4.42 Å². The molecular formula is C9H5N3O. The number of hydrogen-bond donors (Lipinski definition) is 0. The molecule has 0 atom stereocenters. The minimum atomic E-state index is 0.368. The standard InChI is InChI=1S/C9H5N3O/c1-4-10-8(11-5-1)2-3-9-12-6-7-13-9/h1,4-7H. The molecule has 0 bridgehead atoms. The summed E-state index contributed by atoms with van der Waals surface area (Å²) in [6, 6.07) is 1.73. The lowest BCUT2D eigenvalue weighted by Crippen LogP contribution is -1.84. The van der Waals surface area contributed by atoms with Gasteiger partial charge in [0.25, 0.3) is 5.89 Å². The van der Waals surface area contributed by atoms with E-state index < -0.39 is 0 Å². The van der Waals surface area contributed by atoms with Crippen LogP contribution >= 0.6 is 0 Å². The van der Waals surface area contributed by atoms with Crippen molar-refractivity contribution >= 4 is 0 Å². The van der Waals surface area contributed by atoms with Crippen molar-refractivity contribution in [2.45, 2.75) is 0 Å². The number of oxazole rings is 1. The van der Waals surface area contributed by atoms with Crippen molar-refractivity contribution in [2.75, 3.05) is 0 Å². The molecule has 13 heavy (non-hydrogen) atoms. The normalized spacial score (nSPS) is 8.92. The molecule has 0 unspecified atom stereocenters. The molecule has 2 heterocycles. The maximum Gasteiger partial charge on any atom is 0.273 e. The predicted molar refractivity (Wildman–Crippen MR) is 44.5 cm³/mol. The smallest absolute Gasteiger partial charge is 0.273 e. The molecule has 0 radical (unpaired) electrons. The van der Waals surface area contributed by atoms with Gasteiger partial charge in [0.1, 0.15) is 6.26 Å². The van der Waals surface area contributed by atoms with Crippen LogP contribution in [0.2, 0.25) is 0 Å². The highest BCUT2D eigenvalue weighted by Gasteiger charge is 1.89. The molecule has 2 aromatic heterocycles. The lowest BCUT2D eigenvalue weighted by molar-refractivity contribution is 0.543. The van der Waals surface area contributed by atoms with E-state index in [1.807, 2.05) is 0 Å². The number of aromatic nitrogens is 3. The Kier molecular flexibility index (Phi) is 2.02. The Bertz CT molecular complexity index is 425. The lowest BCUT2D eigenvalue weighted by Gasteiger charge is -1.83. The van der Waals surface area contributed by atoms with Gasteiger partial charge in [-0.3, -0.25) is 0 Å². The second kappa shape index (κ2) is 3.50. The third-order valence-electron chi connectivity index (χ3n) is 1.28. The van der Waals surface area contributed by atoms with E-state index in [0.717, 1.165) is 0 Å². The third kappa shape index (κ3) is 1.91. The van der Waals surface area contributed by atoms with Crippen LogP contribution in [0.5, 0.6) is 0 Å². The van der Waals surface area contributed by atoms with Crippen LogP contribution in [-0.4, -0.2) is 15.0 Å². The van der Waals surface area contributed by atoms with E-state index in [2.05, 4.69) is 26.8 Å². The van der Waals surface area contributed by atoms with Crippen molar-refractivity contribution in [3.8, 4) is 11.8 Å². The molecule has 0 N–H and O–H groups in total. The van der Waals surface area contributed by atoms with Gasteiger partial charge in [-0.1, -0.05) is 0 Å². The van der Waals surface area contributed by atoms with Crippen molar-refractivity contribution in [1.82, 2.24) is 15.0 Å². The second-order valence-electron chi connectivity index (χ2n) is 2.16. The molecule has 0 spiro atoms. The first kappa shape index (κ1) is 7.50. The molecule has 4 heteroatoms. The van der Waals surface area contributed by atoms with E-state index >= 15 is 0 Å². The fourth-order valence-corrected chi connectivity index (χ4v) is 0.758. The van der Waals surface area contributed by atoms with Gasteiger partial charge in [0.05, 0.1) is 6.20 Å². The zero-order valence-electron chi connectivity index (χ0n) is 6.64. The summed E-state index contributed by atoms with van der Waals surface area (Å²) in [5.41, 5.74) is 0. The quantitative estimate of drug-likeness (QED) is 0.552. The van der Waals surface area contributed by atoms with Crippen LogP contribution in [0, 0.1) is 11.8 Å². The maximum atomic E-state index is 4.91. The van der Waals surface area contributed by atoms with Crippen molar-refractivity contribution in [2.24, 2.45) is 0 Å². The summed E-state index contributed by atoms with van der Waals surface area (Å²) in [5, 5.41) is 0. The SMILES string of the molecule is C(#Cc1ncco1)c1ncccn1. The van der Waals surface area contributed by atoms with E-state index in [0.29, 0.717) is 11.7 Å². The molecule has 0 amide bonds. The summed E-state index contributed by atoms with van der Waals surface area (Å²) in [6.45, 7) is 0. The average Bonchev–Trinajstić information content (AvgIpc) is 2.69. The fourth-order valence-electron chi connectivity index (χ4n) is 0.758. The molecule has 0 fully saturated rings. The molecule has 62 valence electrons. The topological polar surface area (TPSA) is 51.8 Å². The summed E-state index contributed by atoms with van der Waals surface area (Å²) in [6.07, 6.45) is 6.27. The van der Waals surface area contributed by atoms with E-state index in [-0.39, 0.29) is 0 Å². The van der Waals surface area contributed by atoms with E-state index in [1.54, 1.807) is 18.5 Å². The molecule has 2 aromatic rings. The Hall–Kier alpha value is -2.15. The molecule has 0 aliphatic heterocycles. The molecule has 2 rings (SSSR count). The molecule has 0 aliphatic rings. The van der Waals surface area contributed by atoms with Crippen molar-refractivity contribution in [3.05, 3.63) is 42.6 Å². The summed E-state index contributed by atoms with van der Waals surface area (Å²) >= 11 is 0. The molecule has 0 saturated heterocycles. The predicted octanol–water partition coefficient (Wildman–Crippen LogP) is 0.864. The van der Waals surface area contributed by atoms with Crippen LogP contribution in [-0.2, 0) is 0 Å². The van der Waals surface area contributed by atoms with Crippen LogP contribution in [0.15, 0.2) is 35.3 Å². The van der Waals surface area contributed by atoms with Gasteiger partial charge in [0, 0.05) is 18.3 Å². The molecule has 4 nitrogen and oxygen atoms in total. The second-order valence-corrected chi connectivity index (χ2v) is 2.16. The summed E-state index contributed by atoms with van der Waals surface area (Å²) in [5.74, 6) is 6.23. The molecule has 0 saturated carbocycles. The summed E-state index contributed by atoms with van der Waals surface area (Å²) in [7, 11) is 0. The first-order valence-corrected chi connectivity index (χ1v) is 3.64. The monoisotopic (exact) mass is 171 g/mol.